The van der Waals surface area contributed by atoms with Crippen molar-refractivity contribution in [3.05, 3.63) is 48.6 Å². The number of esters is 1. The van der Waals surface area contributed by atoms with Gasteiger partial charge in [-0.3, -0.25) is 9.59 Å². The minimum Gasteiger partial charge on any atom is -0.462 e. The number of nitrogens with one attached hydrogen (secondary N) is 1. The minimum atomic E-state index is -0.792. The van der Waals surface area contributed by atoms with Gasteiger partial charge in [-0.05, 0) is 44.9 Å². The van der Waals surface area contributed by atoms with Gasteiger partial charge in [-0.2, -0.15) is 0 Å². The van der Waals surface area contributed by atoms with Crippen molar-refractivity contribution in [3.8, 4) is 0 Å². The standard InChI is InChI=1S/C51H93NO5/c1-4-7-10-13-16-19-22-24-26-28-31-34-37-40-43-49(54)48(46-53)52-50(55)45-47(42-39-36-33-30-27-21-18-15-12-9-6-3)57-51(56)44-41-38-35-32-29-25-23-20-17-14-11-8-5-2/h8,11,14,17,20,23,25,29,47-49,53-54H,4-7,9-10,12-13,15-16,18-19,21-22,24,26-28,30-46H2,1-3H3,(H,52,55)/b11-8+,17-14+,23-20-,29-25-. The van der Waals surface area contributed by atoms with Gasteiger partial charge in [0.2, 0.25) is 5.91 Å². The van der Waals surface area contributed by atoms with Crippen LogP contribution >= 0.6 is 0 Å². The average molecular weight is 800 g/mol. The number of hydrogen-bond donors (Lipinski definition) is 3. The van der Waals surface area contributed by atoms with Crippen LogP contribution < -0.4 is 5.32 Å². The Morgan fingerprint density at radius 3 is 1.42 bits per heavy atom. The molecule has 57 heavy (non-hydrogen) atoms. The van der Waals surface area contributed by atoms with E-state index in [-0.39, 0.29) is 24.9 Å². The largest absolute Gasteiger partial charge is 0.462 e. The summed E-state index contributed by atoms with van der Waals surface area (Å²) in [6, 6.07) is -0.707. The fraction of sp³-hybridized carbons (Fsp3) is 0.804. The molecule has 0 spiro atoms. The molecular weight excluding hydrogens is 707 g/mol. The van der Waals surface area contributed by atoms with Crippen molar-refractivity contribution >= 4 is 11.9 Å². The Labute approximate surface area is 353 Å². The normalized spacial score (nSPS) is 13.7. The number of aliphatic hydroxyl groups is 2. The highest BCUT2D eigenvalue weighted by atomic mass is 16.5. The molecule has 6 heteroatoms. The monoisotopic (exact) mass is 800 g/mol. The third kappa shape index (κ3) is 40.4. The Bertz CT molecular complexity index is 988. The number of ether oxygens (including phenoxy) is 1. The van der Waals surface area contributed by atoms with Gasteiger partial charge in [-0.25, -0.2) is 0 Å². The SMILES string of the molecule is CC/C=C/C=C/C=C\C=C/CCCCCC(=O)OC(CCCCCCCCCCCCC)CC(=O)NC(CO)C(O)CCCCCCCCCCCCCCCC. The summed E-state index contributed by atoms with van der Waals surface area (Å²) >= 11 is 0. The van der Waals surface area contributed by atoms with Gasteiger partial charge in [0.1, 0.15) is 6.10 Å². The van der Waals surface area contributed by atoms with Gasteiger partial charge < -0.3 is 20.3 Å². The second-order valence-corrected chi connectivity index (χ2v) is 16.6. The molecule has 0 aliphatic heterocycles. The molecule has 0 radical (unpaired) electrons. The summed E-state index contributed by atoms with van der Waals surface area (Å²) in [5.41, 5.74) is 0. The summed E-state index contributed by atoms with van der Waals surface area (Å²) in [5.74, 6) is -0.515. The smallest absolute Gasteiger partial charge is 0.306 e. The average Bonchev–Trinajstić information content (AvgIpc) is 3.20. The van der Waals surface area contributed by atoms with Crippen molar-refractivity contribution in [1.29, 1.82) is 0 Å². The van der Waals surface area contributed by atoms with Crippen molar-refractivity contribution in [2.24, 2.45) is 0 Å². The first-order valence-electron chi connectivity index (χ1n) is 24.4. The van der Waals surface area contributed by atoms with Crippen LogP contribution in [0.3, 0.4) is 0 Å². The predicted octanol–water partition coefficient (Wildman–Crippen LogP) is 14.3. The lowest BCUT2D eigenvalue weighted by molar-refractivity contribution is -0.151. The van der Waals surface area contributed by atoms with E-state index < -0.39 is 18.2 Å². The molecule has 0 heterocycles. The highest BCUT2D eigenvalue weighted by Gasteiger charge is 2.24. The van der Waals surface area contributed by atoms with Gasteiger partial charge >= 0.3 is 5.97 Å². The van der Waals surface area contributed by atoms with Crippen molar-refractivity contribution in [2.75, 3.05) is 6.61 Å². The van der Waals surface area contributed by atoms with Crippen LogP contribution in [0.15, 0.2) is 48.6 Å². The molecule has 0 aromatic carbocycles. The second-order valence-electron chi connectivity index (χ2n) is 16.6. The third-order valence-corrected chi connectivity index (χ3v) is 11.0. The topological polar surface area (TPSA) is 95.9 Å². The fourth-order valence-corrected chi connectivity index (χ4v) is 7.32. The minimum absolute atomic E-state index is 0.0635. The second kappa shape index (κ2) is 44.9. The van der Waals surface area contributed by atoms with Crippen molar-refractivity contribution in [1.82, 2.24) is 5.32 Å². The Balaban J connectivity index is 4.59. The Morgan fingerprint density at radius 1 is 0.526 bits per heavy atom. The molecular formula is C51H93NO5. The Hall–Kier alpha value is -2.18. The number of aliphatic hydroxyl groups excluding tert-OH is 2. The van der Waals surface area contributed by atoms with Gasteiger partial charge in [-0.15, -0.1) is 0 Å². The molecule has 0 bridgehead atoms. The Kier molecular flexibility index (Phi) is 43.2. The summed E-state index contributed by atoms with van der Waals surface area (Å²) in [6.45, 7) is 6.33. The van der Waals surface area contributed by atoms with E-state index in [9.17, 15) is 19.8 Å². The summed E-state index contributed by atoms with van der Waals surface area (Å²) in [7, 11) is 0. The number of hydrogen-bond acceptors (Lipinski definition) is 5. The molecule has 6 nitrogen and oxygen atoms in total. The van der Waals surface area contributed by atoms with Gasteiger partial charge in [-0.1, -0.05) is 230 Å². The van der Waals surface area contributed by atoms with E-state index in [0.717, 1.165) is 70.6 Å². The number of rotatable bonds is 43. The highest BCUT2D eigenvalue weighted by molar-refractivity contribution is 5.77. The summed E-state index contributed by atoms with van der Waals surface area (Å²) in [4.78, 5) is 26.0. The summed E-state index contributed by atoms with van der Waals surface area (Å²) in [5, 5.41) is 23.7. The number of amides is 1. The third-order valence-electron chi connectivity index (χ3n) is 11.0. The maximum Gasteiger partial charge on any atom is 0.306 e. The van der Waals surface area contributed by atoms with Crippen LogP contribution in [0.4, 0.5) is 0 Å². The first kappa shape index (κ1) is 54.8. The molecule has 3 unspecified atom stereocenters. The van der Waals surface area contributed by atoms with Gasteiger partial charge in [0.05, 0.1) is 25.2 Å². The van der Waals surface area contributed by atoms with Crippen LogP contribution in [0, 0.1) is 0 Å². The predicted molar refractivity (Wildman–Crippen MR) is 245 cm³/mol. The van der Waals surface area contributed by atoms with Crippen LogP contribution in [0.1, 0.15) is 239 Å². The Morgan fingerprint density at radius 2 is 0.947 bits per heavy atom. The zero-order chi connectivity index (χ0) is 41.7. The first-order chi connectivity index (χ1) is 28.0. The van der Waals surface area contributed by atoms with E-state index in [1.165, 1.54) is 122 Å². The van der Waals surface area contributed by atoms with Gasteiger partial charge in [0, 0.05) is 6.42 Å². The van der Waals surface area contributed by atoms with Gasteiger partial charge in [0.25, 0.3) is 0 Å². The van der Waals surface area contributed by atoms with E-state index in [2.05, 4.69) is 50.4 Å². The van der Waals surface area contributed by atoms with E-state index >= 15 is 0 Å². The van der Waals surface area contributed by atoms with Crippen LogP contribution in [0.2, 0.25) is 0 Å². The maximum atomic E-state index is 13.2. The molecule has 3 N–H and O–H groups in total. The van der Waals surface area contributed by atoms with Crippen molar-refractivity contribution < 1.29 is 24.5 Å². The molecule has 332 valence electrons. The van der Waals surface area contributed by atoms with Crippen LogP contribution in [-0.4, -0.2) is 46.9 Å². The van der Waals surface area contributed by atoms with Crippen LogP contribution in [-0.2, 0) is 14.3 Å². The molecule has 3 atom stereocenters. The van der Waals surface area contributed by atoms with E-state index in [1.807, 2.05) is 24.3 Å². The number of carbonyl (C=O) groups is 2. The van der Waals surface area contributed by atoms with Crippen molar-refractivity contribution in [3.63, 3.8) is 0 Å². The molecule has 0 aliphatic carbocycles. The van der Waals surface area contributed by atoms with E-state index in [0.29, 0.717) is 19.3 Å². The van der Waals surface area contributed by atoms with Gasteiger partial charge in [0.15, 0.2) is 0 Å². The maximum absolute atomic E-state index is 13.2. The van der Waals surface area contributed by atoms with E-state index in [4.69, 9.17) is 4.74 Å². The first-order valence-corrected chi connectivity index (χ1v) is 24.4. The molecule has 0 fully saturated rings. The lowest BCUT2D eigenvalue weighted by Crippen LogP contribution is -2.46. The van der Waals surface area contributed by atoms with Crippen LogP contribution in [0.5, 0.6) is 0 Å². The summed E-state index contributed by atoms with van der Waals surface area (Å²) < 4.78 is 5.89. The lowest BCUT2D eigenvalue weighted by atomic mass is 10.0. The summed E-state index contributed by atoms with van der Waals surface area (Å²) in [6.07, 6.45) is 53.1. The molecule has 0 saturated heterocycles. The number of carbonyl (C=O) groups excluding carboxylic acids is 2. The molecule has 0 rings (SSSR count). The number of allylic oxidation sites excluding steroid dienone is 8. The number of unbranched alkanes of at least 4 members (excludes halogenated alkanes) is 26. The molecule has 0 saturated carbocycles. The van der Waals surface area contributed by atoms with Crippen LogP contribution in [0.25, 0.3) is 0 Å². The fourth-order valence-electron chi connectivity index (χ4n) is 7.32. The zero-order valence-electron chi connectivity index (χ0n) is 37.7. The molecule has 0 aromatic rings. The molecule has 1 amide bonds. The quantitative estimate of drug-likeness (QED) is 0.0324. The zero-order valence-corrected chi connectivity index (χ0v) is 37.7. The highest BCUT2D eigenvalue weighted by Crippen LogP contribution is 2.18. The molecule has 0 aromatic heterocycles. The molecule has 0 aliphatic rings. The van der Waals surface area contributed by atoms with Crippen molar-refractivity contribution in [2.45, 2.75) is 257 Å². The lowest BCUT2D eigenvalue weighted by Gasteiger charge is -2.24. The van der Waals surface area contributed by atoms with E-state index in [1.54, 1.807) is 0 Å².